The number of carbonyl (C=O) groups excluding carboxylic acids is 1. The van der Waals surface area contributed by atoms with Crippen LogP contribution in [0, 0.1) is 24.0 Å². The summed E-state index contributed by atoms with van der Waals surface area (Å²) in [6, 6.07) is 15.3. The molecule has 0 radical (unpaired) electrons. The Bertz CT molecular complexity index is 1120. The summed E-state index contributed by atoms with van der Waals surface area (Å²) in [4.78, 5) is 30.9. The lowest BCUT2D eigenvalue weighted by Crippen LogP contribution is -2.20. The molecule has 0 unspecified atom stereocenters. The number of carbonyl (C=O) groups is 1. The number of aryl methyl sites for hydroxylation is 2. The lowest BCUT2D eigenvalue weighted by molar-refractivity contribution is -0.384. The van der Waals surface area contributed by atoms with Gasteiger partial charge in [0.05, 0.1) is 16.9 Å². The van der Waals surface area contributed by atoms with E-state index in [9.17, 15) is 14.9 Å². The minimum atomic E-state index is -0.446. The van der Waals surface area contributed by atoms with Crippen LogP contribution in [0.15, 0.2) is 64.9 Å². The zero-order valence-corrected chi connectivity index (χ0v) is 18.3. The Balaban J connectivity index is 1.53. The first kappa shape index (κ1) is 22.9. The van der Waals surface area contributed by atoms with E-state index >= 15 is 0 Å². The van der Waals surface area contributed by atoms with Gasteiger partial charge in [0.25, 0.3) is 11.6 Å². The molecule has 0 aliphatic rings. The van der Waals surface area contributed by atoms with Crippen molar-refractivity contribution in [2.24, 2.45) is 5.10 Å². The maximum atomic E-state index is 12.1. The van der Waals surface area contributed by atoms with E-state index in [0.29, 0.717) is 16.5 Å². The largest absolute Gasteiger partial charge is 0.488 e. The van der Waals surface area contributed by atoms with Crippen LogP contribution in [0.1, 0.15) is 22.5 Å². The molecule has 1 N–H and O–H groups in total. The van der Waals surface area contributed by atoms with E-state index in [1.54, 1.807) is 24.3 Å². The molecule has 1 amide bonds. The molecule has 0 fully saturated rings. The number of aromatic nitrogens is 2. The standard InChI is InChI=1S/C22H21N5O4S/c1-15-11-16(2)25-22(24-15)32-14-21(28)26-23-12-18-5-3-4-6-20(18)31-13-17-7-9-19(10-8-17)27(29)30/h3-12H,13-14H2,1-2H3,(H,26,28). The number of rotatable bonds is 9. The maximum Gasteiger partial charge on any atom is 0.269 e. The molecule has 3 aromatic rings. The van der Waals surface area contributed by atoms with Gasteiger partial charge in [-0.05, 0) is 49.7 Å². The highest BCUT2D eigenvalue weighted by Crippen LogP contribution is 2.19. The Morgan fingerprint density at radius 2 is 1.84 bits per heavy atom. The summed E-state index contributed by atoms with van der Waals surface area (Å²) >= 11 is 1.24. The summed E-state index contributed by atoms with van der Waals surface area (Å²) in [5.41, 5.74) is 5.69. The first-order valence-corrected chi connectivity index (χ1v) is 10.6. The second kappa shape index (κ2) is 11.0. The highest BCUT2D eigenvalue weighted by molar-refractivity contribution is 7.99. The quantitative estimate of drug-likeness (QED) is 0.173. The van der Waals surface area contributed by atoms with Crippen LogP contribution >= 0.6 is 11.8 Å². The van der Waals surface area contributed by atoms with Crippen molar-refractivity contribution in [3.63, 3.8) is 0 Å². The van der Waals surface area contributed by atoms with Gasteiger partial charge in [0, 0.05) is 29.1 Å². The number of non-ortho nitro benzene ring substituents is 1. The molecule has 32 heavy (non-hydrogen) atoms. The fourth-order valence-electron chi connectivity index (χ4n) is 2.69. The van der Waals surface area contributed by atoms with Crippen LogP contribution in [-0.2, 0) is 11.4 Å². The number of hydrogen-bond acceptors (Lipinski definition) is 8. The van der Waals surface area contributed by atoms with E-state index in [2.05, 4.69) is 20.5 Å². The Kier molecular flexibility index (Phi) is 7.87. The number of hydrazone groups is 1. The molecule has 0 bridgehead atoms. The van der Waals surface area contributed by atoms with Gasteiger partial charge in [0.15, 0.2) is 5.16 Å². The van der Waals surface area contributed by atoms with E-state index in [-0.39, 0.29) is 24.0 Å². The third kappa shape index (κ3) is 6.88. The predicted octanol–water partition coefficient (Wildman–Crippen LogP) is 3.82. The van der Waals surface area contributed by atoms with E-state index in [4.69, 9.17) is 4.74 Å². The van der Waals surface area contributed by atoms with Crippen molar-refractivity contribution in [3.05, 3.63) is 87.2 Å². The topological polar surface area (TPSA) is 120 Å². The summed E-state index contributed by atoms with van der Waals surface area (Å²) in [6.45, 7) is 4.00. The van der Waals surface area contributed by atoms with Crippen LogP contribution < -0.4 is 10.2 Å². The molecule has 0 aliphatic heterocycles. The molecule has 3 rings (SSSR count). The Morgan fingerprint density at radius 1 is 1.16 bits per heavy atom. The number of ether oxygens (including phenoxy) is 1. The van der Waals surface area contributed by atoms with Gasteiger partial charge in [-0.3, -0.25) is 14.9 Å². The SMILES string of the molecule is Cc1cc(C)nc(SCC(=O)NN=Cc2ccccc2OCc2ccc([N+](=O)[O-])cc2)n1. The summed E-state index contributed by atoms with van der Waals surface area (Å²) in [5, 5.41) is 15.3. The molecule has 0 atom stereocenters. The molecule has 0 saturated heterocycles. The summed E-state index contributed by atoms with van der Waals surface area (Å²) in [5.74, 6) is 0.429. The van der Waals surface area contributed by atoms with Crippen molar-refractivity contribution in [2.45, 2.75) is 25.6 Å². The zero-order chi connectivity index (χ0) is 22.9. The van der Waals surface area contributed by atoms with Crippen LogP contribution in [-0.4, -0.2) is 32.8 Å². The lowest BCUT2D eigenvalue weighted by Gasteiger charge is -2.09. The van der Waals surface area contributed by atoms with Gasteiger partial charge in [-0.1, -0.05) is 23.9 Å². The third-order valence-electron chi connectivity index (χ3n) is 4.15. The Morgan fingerprint density at radius 3 is 2.53 bits per heavy atom. The number of nitrogens with one attached hydrogen (secondary N) is 1. The smallest absolute Gasteiger partial charge is 0.269 e. The number of amides is 1. The average Bonchev–Trinajstić information content (AvgIpc) is 2.76. The number of thioether (sulfide) groups is 1. The number of hydrogen-bond donors (Lipinski definition) is 1. The van der Waals surface area contributed by atoms with Crippen molar-refractivity contribution >= 4 is 29.6 Å². The number of nitrogens with zero attached hydrogens (tertiary/aromatic N) is 4. The van der Waals surface area contributed by atoms with Gasteiger partial charge in [-0.15, -0.1) is 0 Å². The Labute approximate surface area is 189 Å². The molecule has 0 aliphatic carbocycles. The second-order valence-corrected chi connectivity index (χ2v) is 7.71. The monoisotopic (exact) mass is 451 g/mol. The van der Waals surface area contributed by atoms with Crippen LogP contribution in [0.5, 0.6) is 5.75 Å². The molecule has 0 spiro atoms. The summed E-state index contributed by atoms with van der Waals surface area (Å²) < 4.78 is 5.81. The van der Waals surface area contributed by atoms with Crippen molar-refractivity contribution in [2.75, 3.05) is 5.75 Å². The fraction of sp³-hybridized carbons (Fsp3) is 0.182. The molecule has 164 valence electrons. The van der Waals surface area contributed by atoms with Crippen LogP contribution in [0.3, 0.4) is 0 Å². The van der Waals surface area contributed by atoms with E-state index in [0.717, 1.165) is 17.0 Å². The van der Waals surface area contributed by atoms with Gasteiger partial charge in [-0.2, -0.15) is 5.10 Å². The highest BCUT2D eigenvalue weighted by Gasteiger charge is 2.07. The predicted molar refractivity (Wildman–Crippen MR) is 122 cm³/mol. The van der Waals surface area contributed by atoms with Crippen molar-refractivity contribution in [1.82, 2.24) is 15.4 Å². The number of para-hydroxylation sites is 1. The van der Waals surface area contributed by atoms with Gasteiger partial charge in [0.2, 0.25) is 0 Å². The van der Waals surface area contributed by atoms with Gasteiger partial charge in [0.1, 0.15) is 12.4 Å². The molecular weight excluding hydrogens is 430 g/mol. The number of benzene rings is 2. The summed E-state index contributed by atoms with van der Waals surface area (Å²) in [6.07, 6.45) is 1.50. The Hall–Kier alpha value is -3.79. The maximum absolute atomic E-state index is 12.1. The molecule has 10 heteroatoms. The van der Waals surface area contributed by atoms with Crippen molar-refractivity contribution < 1.29 is 14.5 Å². The molecule has 2 aromatic carbocycles. The summed E-state index contributed by atoms with van der Waals surface area (Å²) in [7, 11) is 0. The third-order valence-corrected chi connectivity index (χ3v) is 4.99. The number of nitro groups is 1. The molecule has 1 aromatic heterocycles. The minimum Gasteiger partial charge on any atom is -0.488 e. The highest BCUT2D eigenvalue weighted by atomic mass is 32.2. The molecule has 9 nitrogen and oxygen atoms in total. The van der Waals surface area contributed by atoms with Gasteiger partial charge >= 0.3 is 0 Å². The van der Waals surface area contributed by atoms with Crippen LogP contribution in [0.25, 0.3) is 0 Å². The van der Waals surface area contributed by atoms with Crippen molar-refractivity contribution in [1.29, 1.82) is 0 Å². The lowest BCUT2D eigenvalue weighted by atomic mass is 10.2. The minimum absolute atomic E-state index is 0.0271. The molecule has 0 saturated carbocycles. The van der Waals surface area contributed by atoms with E-state index < -0.39 is 4.92 Å². The molecular formula is C22H21N5O4S. The molecule has 1 heterocycles. The second-order valence-electron chi connectivity index (χ2n) is 6.77. The number of nitro benzene ring substituents is 1. The van der Waals surface area contributed by atoms with Crippen molar-refractivity contribution in [3.8, 4) is 5.75 Å². The fourth-order valence-corrected chi connectivity index (χ4v) is 3.43. The van der Waals surface area contributed by atoms with Gasteiger partial charge < -0.3 is 4.74 Å². The van der Waals surface area contributed by atoms with E-state index in [1.807, 2.05) is 32.0 Å². The average molecular weight is 452 g/mol. The van der Waals surface area contributed by atoms with E-state index in [1.165, 1.54) is 30.1 Å². The first-order chi connectivity index (χ1) is 15.4. The van der Waals surface area contributed by atoms with Gasteiger partial charge in [-0.25, -0.2) is 15.4 Å². The normalized spacial score (nSPS) is 10.8. The van der Waals surface area contributed by atoms with Crippen LogP contribution in [0.4, 0.5) is 5.69 Å². The first-order valence-electron chi connectivity index (χ1n) is 9.63. The zero-order valence-electron chi connectivity index (χ0n) is 17.5. The van der Waals surface area contributed by atoms with Crippen LogP contribution in [0.2, 0.25) is 0 Å².